The highest BCUT2D eigenvalue weighted by Gasteiger charge is 2.39. The molecule has 120 valence electrons. The Bertz CT molecular complexity index is 529. The Morgan fingerprint density at radius 3 is 2.73 bits per heavy atom. The van der Waals surface area contributed by atoms with Gasteiger partial charge in [0.2, 0.25) is 5.91 Å². The molecular formula is C16H22N2O4. The van der Waals surface area contributed by atoms with Crippen LogP contribution in [-0.2, 0) is 19.1 Å². The second-order valence-corrected chi connectivity index (χ2v) is 5.38. The standard InChI is InChI=1S/C16H22N2O4/c1-11-4-6-12(7-5-11)14-15(16(20)17-8-9-21-3)22-10-13(19)18(14)2/h4-7,14-15H,8-10H2,1-3H3,(H,17,20)/t14-,15-/m1/s1. The molecule has 1 N–H and O–H groups in total. The second-order valence-electron chi connectivity index (χ2n) is 5.38. The van der Waals surface area contributed by atoms with Gasteiger partial charge in [-0.2, -0.15) is 0 Å². The minimum Gasteiger partial charge on any atom is -0.383 e. The number of likely N-dealkylation sites (N-methyl/N-ethyl adjacent to an activating group) is 1. The number of carbonyl (C=O) groups excluding carboxylic acids is 2. The van der Waals surface area contributed by atoms with E-state index in [0.29, 0.717) is 13.2 Å². The van der Waals surface area contributed by atoms with E-state index in [0.717, 1.165) is 11.1 Å². The Balaban J connectivity index is 2.20. The van der Waals surface area contributed by atoms with E-state index in [9.17, 15) is 9.59 Å². The van der Waals surface area contributed by atoms with Gasteiger partial charge in [-0.25, -0.2) is 0 Å². The molecule has 2 rings (SSSR count). The number of rotatable bonds is 5. The van der Waals surface area contributed by atoms with Crippen molar-refractivity contribution >= 4 is 11.8 Å². The first-order valence-electron chi connectivity index (χ1n) is 7.25. The van der Waals surface area contributed by atoms with Crippen molar-refractivity contribution in [3.8, 4) is 0 Å². The molecule has 0 saturated carbocycles. The third-order valence-electron chi connectivity index (χ3n) is 3.77. The summed E-state index contributed by atoms with van der Waals surface area (Å²) in [5, 5.41) is 2.77. The number of nitrogens with one attached hydrogen (secondary N) is 1. The maximum absolute atomic E-state index is 12.3. The van der Waals surface area contributed by atoms with E-state index in [2.05, 4.69) is 5.32 Å². The Morgan fingerprint density at radius 1 is 1.41 bits per heavy atom. The number of benzene rings is 1. The van der Waals surface area contributed by atoms with Gasteiger partial charge in [0.15, 0.2) is 6.10 Å². The highest BCUT2D eigenvalue weighted by Crippen LogP contribution is 2.29. The maximum atomic E-state index is 12.3. The molecule has 1 saturated heterocycles. The van der Waals surface area contributed by atoms with Crippen LogP contribution in [0.3, 0.4) is 0 Å². The zero-order valence-corrected chi connectivity index (χ0v) is 13.2. The lowest BCUT2D eigenvalue weighted by Gasteiger charge is -2.38. The Morgan fingerprint density at radius 2 is 2.09 bits per heavy atom. The van der Waals surface area contributed by atoms with Gasteiger partial charge in [-0.3, -0.25) is 9.59 Å². The van der Waals surface area contributed by atoms with Crippen molar-refractivity contribution in [2.45, 2.75) is 19.1 Å². The third-order valence-corrected chi connectivity index (χ3v) is 3.77. The zero-order valence-electron chi connectivity index (χ0n) is 13.2. The predicted octanol–water partition coefficient (Wildman–Crippen LogP) is 0.656. The molecule has 22 heavy (non-hydrogen) atoms. The molecule has 1 fully saturated rings. The number of ether oxygens (including phenoxy) is 2. The van der Waals surface area contributed by atoms with Gasteiger partial charge in [-0.05, 0) is 12.5 Å². The van der Waals surface area contributed by atoms with Crippen LogP contribution >= 0.6 is 0 Å². The van der Waals surface area contributed by atoms with Crippen LogP contribution in [0.15, 0.2) is 24.3 Å². The van der Waals surface area contributed by atoms with Crippen LogP contribution in [0.25, 0.3) is 0 Å². The number of nitrogens with zero attached hydrogens (tertiary/aromatic N) is 1. The minimum atomic E-state index is -0.720. The molecule has 6 nitrogen and oxygen atoms in total. The van der Waals surface area contributed by atoms with Crippen LogP contribution in [-0.4, -0.2) is 56.7 Å². The molecule has 0 spiro atoms. The van der Waals surface area contributed by atoms with Crippen LogP contribution < -0.4 is 5.32 Å². The fraction of sp³-hybridized carbons (Fsp3) is 0.500. The van der Waals surface area contributed by atoms with Crippen molar-refractivity contribution < 1.29 is 19.1 Å². The number of amides is 2. The summed E-state index contributed by atoms with van der Waals surface area (Å²) in [6, 6.07) is 7.34. The van der Waals surface area contributed by atoms with Crippen LogP contribution in [0.5, 0.6) is 0 Å². The maximum Gasteiger partial charge on any atom is 0.251 e. The van der Waals surface area contributed by atoms with Crippen LogP contribution in [0.4, 0.5) is 0 Å². The van der Waals surface area contributed by atoms with E-state index in [4.69, 9.17) is 9.47 Å². The first kappa shape index (κ1) is 16.5. The van der Waals surface area contributed by atoms with Crippen molar-refractivity contribution in [3.63, 3.8) is 0 Å². The quantitative estimate of drug-likeness (QED) is 0.811. The normalized spacial score (nSPS) is 21.8. The van der Waals surface area contributed by atoms with Crippen LogP contribution in [0.1, 0.15) is 17.2 Å². The number of hydrogen-bond acceptors (Lipinski definition) is 4. The highest BCUT2D eigenvalue weighted by molar-refractivity contribution is 5.86. The first-order valence-corrected chi connectivity index (χ1v) is 7.25. The summed E-state index contributed by atoms with van der Waals surface area (Å²) in [4.78, 5) is 25.8. The summed E-state index contributed by atoms with van der Waals surface area (Å²) in [5.41, 5.74) is 2.00. The molecular weight excluding hydrogens is 284 g/mol. The molecule has 0 radical (unpaired) electrons. The molecule has 0 unspecified atom stereocenters. The van der Waals surface area contributed by atoms with Gasteiger partial charge in [-0.1, -0.05) is 29.8 Å². The van der Waals surface area contributed by atoms with Gasteiger partial charge in [0.25, 0.3) is 5.91 Å². The van der Waals surface area contributed by atoms with Gasteiger partial charge in [0, 0.05) is 20.7 Å². The van der Waals surface area contributed by atoms with E-state index in [1.807, 2.05) is 31.2 Å². The van der Waals surface area contributed by atoms with Gasteiger partial charge in [-0.15, -0.1) is 0 Å². The topological polar surface area (TPSA) is 67.9 Å². The Labute approximate surface area is 130 Å². The van der Waals surface area contributed by atoms with Gasteiger partial charge < -0.3 is 19.7 Å². The van der Waals surface area contributed by atoms with E-state index in [1.165, 1.54) is 0 Å². The molecule has 6 heteroatoms. The summed E-state index contributed by atoms with van der Waals surface area (Å²) >= 11 is 0. The summed E-state index contributed by atoms with van der Waals surface area (Å²) in [7, 11) is 3.27. The molecule has 1 aliphatic heterocycles. The SMILES string of the molecule is COCCNC(=O)[C@@H]1OCC(=O)N(C)[C@@H]1c1ccc(C)cc1. The fourth-order valence-electron chi connectivity index (χ4n) is 2.47. The summed E-state index contributed by atoms with van der Waals surface area (Å²) in [6.45, 7) is 2.75. The van der Waals surface area contributed by atoms with Crippen LogP contribution in [0.2, 0.25) is 0 Å². The molecule has 1 aromatic carbocycles. The number of morpholine rings is 1. The van der Waals surface area contributed by atoms with Crippen molar-refractivity contribution in [1.29, 1.82) is 0 Å². The number of methoxy groups -OCH3 is 1. The van der Waals surface area contributed by atoms with E-state index < -0.39 is 12.1 Å². The largest absolute Gasteiger partial charge is 0.383 e. The summed E-state index contributed by atoms with van der Waals surface area (Å²) in [5.74, 6) is -0.367. The van der Waals surface area contributed by atoms with E-state index in [1.54, 1.807) is 19.1 Å². The number of hydrogen-bond donors (Lipinski definition) is 1. The van der Waals surface area contributed by atoms with Crippen molar-refractivity contribution in [1.82, 2.24) is 10.2 Å². The third kappa shape index (κ3) is 3.64. The summed E-state index contributed by atoms with van der Waals surface area (Å²) < 4.78 is 10.4. The van der Waals surface area contributed by atoms with Crippen molar-refractivity contribution in [2.24, 2.45) is 0 Å². The first-order chi connectivity index (χ1) is 10.5. The fourth-order valence-corrected chi connectivity index (χ4v) is 2.47. The molecule has 0 aromatic heterocycles. The van der Waals surface area contributed by atoms with Gasteiger partial charge >= 0.3 is 0 Å². The molecule has 1 heterocycles. The Kier molecular flexibility index (Phi) is 5.51. The monoisotopic (exact) mass is 306 g/mol. The zero-order chi connectivity index (χ0) is 16.1. The lowest BCUT2D eigenvalue weighted by atomic mass is 9.97. The van der Waals surface area contributed by atoms with Crippen molar-refractivity contribution in [3.05, 3.63) is 35.4 Å². The molecule has 1 aliphatic rings. The van der Waals surface area contributed by atoms with Crippen molar-refractivity contribution in [2.75, 3.05) is 33.9 Å². The number of aryl methyl sites for hydroxylation is 1. The lowest BCUT2D eigenvalue weighted by molar-refractivity contribution is -0.162. The van der Waals surface area contributed by atoms with Crippen LogP contribution in [0, 0.1) is 6.92 Å². The second kappa shape index (κ2) is 7.38. The molecule has 2 atom stereocenters. The predicted molar refractivity (Wildman–Crippen MR) is 81.3 cm³/mol. The van der Waals surface area contributed by atoms with Gasteiger partial charge in [0.05, 0.1) is 12.6 Å². The summed E-state index contributed by atoms with van der Waals surface area (Å²) in [6.07, 6.45) is -0.720. The van der Waals surface area contributed by atoms with E-state index in [-0.39, 0.29) is 18.4 Å². The minimum absolute atomic E-state index is 0.0821. The molecule has 2 amide bonds. The molecule has 1 aromatic rings. The average Bonchev–Trinajstić information content (AvgIpc) is 2.51. The smallest absolute Gasteiger partial charge is 0.251 e. The van der Waals surface area contributed by atoms with Gasteiger partial charge in [0.1, 0.15) is 6.61 Å². The average molecular weight is 306 g/mol. The number of carbonyl (C=O) groups is 2. The lowest BCUT2D eigenvalue weighted by Crippen LogP contribution is -2.53. The molecule has 0 aliphatic carbocycles. The Hall–Kier alpha value is -1.92. The highest BCUT2D eigenvalue weighted by atomic mass is 16.5. The molecule has 0 bridgehead atoms. The van der Waals surface area contributed by atoms with E-state index >= 15 is 0 Å².